The molecule has 1 aliphatic rings. The molecule has 2 heterocycles. The molecule has 9 heteroatoms. The molecule has 2 amide bonds. The van der Waals surface area contributed by atoms with E-state index in [1.165, 1.54) is 0 Å². The number of nitrogens with two attached hydrogens (primary N) is 1. The van der Waals surface area contributed by atoms with Crippen LogP contribution in [0.1, 0.15) is 65.7 Å². The number of rotatable bonds is 12. The van der Waals surface area contributed by atoms with E-state index < -0.39 is 17.5 Å². The maximum atomic E-state index is 13.9. The molecule has 0 aliphatic carbocycles. The van der Waals surface area contributed by atoms with Gasteiger partial charge in [0, 0.05) is 25.4 Å². The Morgan fingerprint density at radius 1 is 1.18 bits per heavy atom. The van der Waals surface area contributed by atoms with E-state index in [1.807, 2.05) is 38.1 Å². The predicted molar refractivity (Wildman–Crippen MR) is 154 cm³/mol. The number of anilines is 2. The summed E-state index contributed by atoms with van der Waals surface area (Å²) in [5.41, 5.74) is 7.78. The lowest BCUT2D eigenvalue weighted by atomic mass is 9.84. The zero-order valence-corrected chi connectivity index (χ0v) is 24.3. The molecule has 1 aliphatic heterocycles. The van der Waals surface area contributed by atoms with Crippen molar-refractivity contribution in [3.63, 3.8) is 0 Å². The van der Waals surface area contributed by atoms with Gasteiger partial charge in [-0.25, -0.2) is 0 Å². The van der Waals surface area contributed by atoms with Crippen LogP contribution in [0.2, 0.25) is 0 Å². The van der Waals surface area contributed by atoms with Crippen molar-refractivity contribution in [3.05, 3.63) is 47.9 Å². The second kappa shape index (κ2) is 13.3. The van der Waals surface area contributed by atoms with Gasteiger partial charge in [0.2, 0.25) is 11.8 Å². The number of halogens is 1. The third-order valence-electron chi connectivity index (χ3n) is 6.88. The monoisotopic (exact) mass is 546 g/mol. The summed E-state index contributed by atoms with van der Waals surface area (Å²) in [7, 11) is 0. The number of hydrogen-bond donors (Lipinski definition) is 2. The van der Waals surface area contributed by atoms with Crippen LogP contribution in [0.4, 0.5) is 11.4 Å². The molecule has 0 saturated heterocycles. The fraction of sp³-hybridized carbons (Fsp3) is 0.552. The van der Waals surface area contributed by atoms with Gasteiger partial charge in [-0.3, -0.25) is 14.4 Å². The number of nitrogens with zero attached hydrogens (tertiary/aromatic N) is 2. The molecule has 2 aromatic rings. The van der Waals surface area contributed by atoms with Crippen LogP contribution in [0.15, 0.2) is 41.0 Å². The van der Waals surface area contributed by atoms with Crippen LogP contribution in [-0.4, -0.2) is 42.3 Å². The number of amides is 2. The van der Waals surface area contributed by atoms with Gasteiger partial charge in [-0.2, -0.15) is 0 Å². The predicted octanol–water partition coefficient (Wildman–Crippen LogP) is 4.48. The second-order valence-corrected chi connectivity index (χ2v) is 10.9. The molecule has 8 nitrogen and oxygen atoms in total. The maximum Gasteiger partial charge on any atom is 0.240 e. The molecule has 210 valence electrons. The first-order valence-electron chi connectivity index (χ1n) is 13.3. The van der Waals surface area contributed by atoms with Crippen LogP contribution in [0, 0.1) is 11.8 Å². The Balaban J connectivity index is 0.00000507. The standard InChI is InChI=1S/C29H42N4O4.ClH/c1-7-32(8-2)24-13-9-11-20-16-21(27(35)33(26(20)24)18-22-12-10-14-37-22)17-25(34)23(15-19(3)4)31-28(36)29(5,6)30;/h9-14,19,21,23H,7-8,15-18,30H2,1-6H3,(H,31,36);1H/t21?,23-;/m1./s1. The number of carbonyl (C=O) groups is 3. The molecule has 1 aromatic heterocycles. The van der Waals surface area contributed by atoms with Gasteiger partial charge in [-0.1, -0.05) is 26.0 Å². The molecule has 1 unspecified atom stereocenters. The van der Waals surface area contributed by atoms with Crippen LogP contribution in [0.25, 0.3) is 0 Å². The van der Waals surface area contributed by atoms with Crippen molar-refractivity contribution in [2.24, 2.45) is 17.6 Å². The number of fused-ring (bicyclic) bond motifs is 1. The van der Waals surface area contributed by atoms with Crippen LogP contribution in [-0.2, 0) is 27.3 Å². The van der Waals surface area contributed by atoms with Crippen LogP contribution >= 0.6 is 12.4 Å². The Bertz CT molecular complexity index is 1090. The van der Waals surface area contributed by atoms with Crippen LogP contribution < -0.4 is 20.9 Å². The lowest BCUT2D eigenvalue weighted by Gasteiger charge is -2.38. The molecule has 1 aromatic carbocycles. The molecule has 3 rings (SSSR count). The summed E-state index contributed by atoms with van der Waals surface area (Å²) in [5.74, 6) is -0.299. The number of benzene rings is 1. The smallest absolute Gasteiger partial charge is 0.240 e. The average Bonchev–Trinajstić information content (AvgIpc) is 3.34. The zero-order chi connectivity index (χ0) is 27.3. The van der Waals surface area contributed by atoms with Gasteiger partial charge >= 0.3 is 0 Å². The molecule has 0 fully saturated rings. The number of Topliss-reactive ketones (excluding diaryl/α,β-unsaturated/α-hetero) is 1. The van der Waals surface area contributed by atoms with Gasteiger partial charge in [0.1, 0.15) is 5.76 Å². The van der Waals surface area contributed by atoms with E-state index >= 15 is 0 Å². The molecule has 0 saturated carbocycles. The van der Waals surface area contributed by atoms with Crippen molar-refractivity contribution in [2.75, 3.05) is 22.9 Å². The molecule has 38 heavy (non-hydrogen) atoms. The van der Waals surface area contributed by atoms with Gasteiger partial charge in [-0.05, 0) is 70.2 Å². The fourth-order valence-electron chi connectivity index (χ4n) is 4.90. The van der Waals surface area contributed by atoms with E-state index in [1.54, 1.807) is 31.1 Å². The van der Waals surface area contributed by atoms with Gasteiger partial charge in [0.05, 0.1) is 35.8 Å². The van der Waals surface area contributed by atoms with Crippen molar-refractivity contribution >= 4 is 41.4 Å². The quantitative estimate of drug-likeness (QED) is 0.406. The highest BCUT2D eigenvalue weighted by Crippen LogP contribution is 2.40. The van der Waals surface area contributed by atoms with Gasteiger partial charge in [0.25, 0.3) is 0 Å². The number of nitrogens with one attached hydrogen (secondary N) is 1. The minimum Gasteiger partial charge on any atom is -0.467 e. The highest BCUT2D eigenvalue weighted by Gasteiger charge is 2.38. The molecule has 0 bridgehead atoms. The van der Waals surface area contributed by atoms with Crippen molar-refractivity contribution in [1.29, 1.82) is 0 Å². The number of carbonyl (C=O) groups excluding carboxylic acids is 3. The Morgan fingerprint density at radius 2 is 1.87 bits per heavy atom. The van der Waals surface area contributed by atoms with Crippen molar-refractivity contribution in [2.45, 2.75) is 78.9 Å². The maximum absolute atomic E-state index is 13.9. The molecule has 2 atom stereocenters. The van der Waals surface area contributed by atoms with Crippen molar-refractivity contribution in [1.82, 2.24) is 5.32 Å². The van der Waals surface area contributed by atoms with E-state index in [4.69, 9.17) is 10.2 Å². The topological polar surface area (TPSA) is 109 Å². The van der Waals surface area contributed by atoms with E-state index in [0.29, 0.717) is 18.6 Å². The lowest BCUT2D eigenvalue weighted by Crippen LogP contribution is -2.54. The van der Waals surface area contributed by atoms with E-state index in [2.05, 4.69) is 24.1 Å². The van der Waals surface area contributed by atoms with E-state index in [0.717, 1.165) is 30.0 Å². The Hall–Kier alpha value is -2.84. The van der Waals surface area contributed by atoms with Crippen LogP contribution in [0.3, 0.4) is 0 Å². The Morgan fingerprint density at radius 3 is 2.42 bits per heavy atom. The molecular formula is C29H43ClN4O4. The SMILES string of the molecule is CCN(CC)c1cccc2c1N(Cc1ccco1)C(=O)C(CC(=O)[C@@H](CC(C)C)NC(=O)C(C)(C)N)C2.Cl. The van der Waals surface area contributed by atoms with Gasteiger partial charge in [-0.15, -0.1) is 12.4 Å². The highest BCUT2D eigenvalue weighted by molar-refractivity contribution is 6.04. The van der Waals surface area contributed by atoms with Crippen molar-refractivity contribution in [3.8, 4) is 0 Å². The number of para-hydroxylation sites is 1. The summed E-state index contributed by atoms with van der Waals surface area (Å²) in [6.07, 6.45) is 2.60. The molecule has 0 radical (unpaired) electrons. The first kappa shape index (κ1) is 31.4. The first-order chi connectivity index (χ1) is 17.5. The third kappa shape index (κ3) is 7.38. The molecule has 0 spiro atoms. The fourth-order valence-corrected chi connectivity index (χ4v) is 4.90. The summed E-state index contributed by atoms with van der Waals surface area (Å²) in [5, 5.41) is 2.84. The lowest BCUT2D eigenvalue weighted by molar-refractivity contribution is -0.132. The van der Waals surface area contributed by atoms with E-state index in [9.17, 15) is 14.4 Å². The average molecular weight is 547 g/mol. The summed E-state index contributed by atoms with van der Waals surface area (Å²) < 4.78 is 5.59. The van der Waals surface area contributed by atoms with Crippen molar-refractivity contribution < 1.29 is 18.8 Å². The Labute approximate surface area is 232 Å². The van der Waals surface area contributed by atoms with E-state index in [-0.39, 0.29) is 48.9 Å². The third-order valence-corrected chi connectivity index (χ3v) is 6.88. The first-order valence-corrected chi connectivity index (χ1v) is 13.3. The molecule has 3 N–H and O–H groups in total. The minimum absolute atomic E-state index is 0. The molecular weight excluding hydrogens is 504 g/mol. The number of furan rings is 1. The summed E-state index contributed by atoms with van der Waals surface area (Å²) in [4.78, 5) is 44.0. The highest BCUT2D eigenvalue weighted by atomic mass is 35.5. The summed E-state index contributed by atoms with van der Waals surface area (Å²) in [6, 6.07) is 9.06. The summed E-state index contributed by atoms with van der Waals surface area (Å²) in [6.45, 7) is 13.3. The van der Waals surface area contributed by atoms with Gasteiger partial charge in [0.15, 0.2) is 5.78 Å². The summed E-state index contributed by atoms with van der Waals surface area (Å²) >= 11 is 0. The largest absolute Gasteiger partial charge is 0.467 e. The van der Waals surface area contributed by atoms with Crippen LogP contribution in [0.5, 0.6) is 0 Å². The minimum atomic E-state index is -1.10. The Kier molecular flexibility index (Phi) is 11.0. The number of ketones is 1. The normalized spacial score (nSPS) is 16.1. The second-order valence-electron chi connectivity index (χ2n) is 10.9. The zero-order valence-electron chi connectivity index (χ0n) is 23.5. The van der Waals surface area contributed by atoms with Gasteiger partial charge < -0.3 is 25.3 Å². The number of hydrogen-bond acceptors (Lipinski definition) is 6.